The number of aromatic nitrogens is 2. The van der Waals surface area contributed by atoms with E-state index >= 15 is 0 Å². The van der Waals surface area contributed by atoms with E-state index < -0.39 is 0 Å². The SMILES string of the molecule is O=C(CCc1cc2n(n1)CCCN(C[C@@H]1CCOC1)C2)N1CCOCC1. The van der Waals surface area contributed by atoms with Crippen molar-refractivity contribution in [3.8, 4) is 0 Å². The summed E-state index contributed by atoms with van der Waals surface area (Å²) in [5.74, 6) is 0.898. The molecule has 2 saturated heterocycles. The summed E-state index contributed by atoms with van der Waals surface area (Å²) in [4.78, 5) is 16.8. The van der Waals surface area contributed by atoms with Gasteiger partial charge in [-0.2, -0.15) is 5.10 Å². The van der Waals surface area contributed by atoms with Crippen LogP contribution in [0.1, 0.15) is 30.7 Å². The molecule has 3 aliphatic heterocycles. The summed E-state index contributed by atoms with van der Waals surface area (Å²) in [6.45, 7) is 8.77. The molecule has 144 valence electrons. The molecule has 7 nitrogen and oxygen atoms in total. The summed E-state index contributed by atoms with van der Waals surface area (Å²) >= 11 is 0. The van der Waals surface area contributed by atoms with Gasteiger partial charge in [0.05, 0.1) is 31.2 Å². The van der Waals surface area contributed by atoms with Crippen LogP contribution in [0.15, 0.2) is 6.07 Å². The molecule has 26 heavy (non-hydrogen) atoms. The Kier molecular flexibility index (Phi) is 5.87. The largest absolute Gasteiger partial charge is 0.381 e. The topological polar surface area (TPSA) is 59.8 Å². The average Bonchev–Trinajstić information content (AvgIpc) is 3.27. The fourth-order valence-electron chi connectivity index (χ4n) is 4.16. The van der Waals surface area contributed by atoms with E-state index in [4.69, 9.17) is 14.6 Å². The van der Waals surface area contributed by atoms with Crippen LogP contribution in [0.3, 0.4) is 0 Å². The lowest BCUT2D eigenvalue weighted by Gasteiger charge is -2.26. The van der Waals surface area contributed by atoms with E-state index in [2.05, 4.69) is 15.6 Å². The second-order valence-corrected chi connectivity index (χ2v) is 7.66. The fourth-order valence-corrected chi connectivity index (χ4v) is 4.16. The highest BCUT2D eigenvalue weighted by Gasteiger charge is 2.23. The standard InChI is InChI=1S/C19H30N4O3/c24-19(22-7-10-25-11-8-22)3-2-17-12-18-14-21(5-1-6-23(18)20-17)13-16-4-9-26-15-16/h12,16H,1-11,13-15H2/t16-/m0/s1. The third-order valence-corrected chi connectivity index (χ3v) is 5.64. The summed E-state index contributed by atoms with van der Waals surface area (Å²) in [6.07, 6.45) is 3.59. The fraction of sp³-hybridized carbons (Fsp3) is 0.789. The summed E-state index contributed by atoms with van der Waals surface area (Å²) in [6, 6.07) is 2.20. The van der Waals surface area contributed by atoms with Crippen molar-refractivity contribution in [2.75, 3.05) is 52.6 Å². The van der Waals surface area contributed by atoms with Crippen molar-refractivity contribution in [1.82, 2.24) is 19.6 Å². The highest BCUT2D eigenvalue weighted by molar-refractivity contribution is 5.76. The zero-order chi connectivity index (χ0) is 17.8. The van der Waals surface area contributed by atoms with Gasteiger partial charge in [0, 0.05) is 58.7 Å². The van der Waals surface area contributed by atoms with Crippen molar-refractivity contribution in [2.24, 2.45) is 5.92 Å². The molecule has 1 aromatic heterocycles. The lowest BCUT2D eigenvalue weighted by Crippen LogP contribution is -2.40. The predicted molar refractivity (Wildman–Crippen MR) is 96.8 cm³/mol. The number of morpholine rings is 1. The summed E-state index contributed by atoms with van der Waals surface area (Å²) in [5, 5.41) is 4.76. The lowest BCUT2D eigenvalue weighted by atomic mass is 10.1. The molecule has 2 fully saturated rings. The van der Waals surface area contributed by atoms with E-state index in [0.29, 0.717) is 25.6 Å². The molecular weight excluding hydrogens is 332 g/mol. The Morgan fingerprint density at radius 2 is 2.04 bits per heavy atom. The minimum Gasteiger partial charge on any atom is -0.381 e. The van der Waals surface area contributed by atoms with Crippen molar-refractivity contribution in [1.29, 1.82) is 0 Å². The number of ether oxygens (including phenoxy) is 2. The molecule has 1 aromatic rings. The number of hydrogen-bond donors (Lipinski definition) is 0. The van der Waals surface area contributed by atoms with Crippen LogP contribution < -0.4 is 0 Å². The monoisotopic (exact) mass is 362 g/mol. The number of aryl methyl sites for hydroxylation is 2. The maximum Gasteiger partial charge on any atom is 0.223 e. The minimum atomic E-state index is 0.222. The molecule has 0 spiro atoms. The third-order valence-electron chi connectivity index (χ3n) is 5.64. The molecule has 4 heterocycles. The molecule has 0 radical (unpaired) electrons. The Balaban J connectivity index is 1.31. The Morgan fingerprint density at radius 3 is 2.85 bits per heavy atom. The molecule has 0 aliphatic carbocycles. The molecule has 1 amide bonds. The van der Waals surface area contributed by atoms with Gasteiger partial charge >= 0.3 is 0 Å². The molecule has 4 rings (SSSR count). The summed E-state index contributed by atoms with van der Waals surface area (Å²) < 4.78 is 13.0. The van der Waals surface area contributed by atoms with Gasteiger partial charge < -0.3 is 14.4 Å². The first-order chi connectivity index (χ1) is 12.8. The quantitative estimate of drug-likeness (QED) is 0.779. The van der Waals surface area contributed by atoms with Gasteiger partial charge in [0.2, 0.25) is 5.91 Å². The number of hydrogen-bond acceptors (Lipinski definition) is 5. The first-order valence-corrected chi connectivity index (χ1v) is 9.99. The lowest BCUT2D eigenvalue weighted by molar-refractivity contribution is -0.135. The molecule has 0 bridgehead atoms. The van der Waals surface area contributed by atoms with E-state index in [1.165, 1.54) is 12.1 Å². The van der Waals surface area contributed by atoms with Crippen LogP contribution in [-0.2, 0) is 33.8 Å². The van der Waals surface area contributed by atoms with Gasteiger partial charge in [-0.05, 0) is 24.8 Å². The predicted octanol–water partition coefficient (Wildman–Crippen LogP) is 0.917. The van der Waals surface area contributed by atoms with Gasteiger partial charge in [0.1, 0.15) is 0 Å². The molecular formula is C19H30N4O3. The number of carbonyl (C=O) groups excluding carboxylic acids is 1. The summed E-state index contributed by atoms with van der Waals surface area (Å²) in [7, 11) is 0. The zero-order valence-corrected chi connectivity index (χ0v) is 15.6. The van der Waals surface area contributed by atoms with E-state index in [-0.39, 0.29) is 5.91 Å². The third kappa shape index (κ3) is 4.45. The van der Waals surface area contributed by atoms with Crippen LogP contribution in [0.4, 0.5) is 0 Å². The normalized spacial score (nSPS) is 24.5. The molecule has 7 heteroatoms. The number of fused-ring (bicyclic) bond motifs is 1. The molecule has 0 unspecified atom stereocenters. The Morgan fingerprint density at radius 1 is 1.15 bits per heavy atom. The number of amides is 1. The first-order valence-electron chi connectivity index (χ1n) is 9.99. The second-order valence-electron chi connectivity index (χ2n) is 7.66. The zero-order valence-electron chi connectivity index (χ0n) is 15.6. The first kappa shape index (κ1) is 17.9. The van der Waals surface area contributed by atoms with Crippen LogP contribution in [0.5, 0.6) is 0 Å². The minimum absolute atomic E-state index is 0.222. The molecule has 0 N–H and O–H groups in total. The van der Waals surface area contributed by atoms with Crippen LogP contribution in [0.25, 0.3) is 0 Å². The van der Waals surface area contributed by atoms with Crippen molar-refractivity contribution in [3.05, 3.63) is 17.5 Å². The van der Waals surface area contributed by atoms with Crippen molar-refractivity contribution < 1.29 is 14.3 Å². The Bertz CT molecular complexity index is 606. The molecule has 0 aromatic carbocycles. The van der Waals surface area contributed by atoms with Gasteiger partial charge in [-0.15, -0.1) is 0 Å². The highest BCUT2D eigenvalue weighted by Crippen LogP contribution is 2.19. The average molecular weight is 362 g/mol. The Hall–Kier alpha value is -1.44. The van der Waals surface area contributed by atoms with Crippen LogP contribution in [-0.4, -0.2) is 78.1 Å². The maximum atomic E-state index is 12.3. The van der Waals surface area contributed by atoms with Crippen molar-refractivity contribution >= 4 is 5.91 Å². The van der Waals surface area contributed by atoms with E-state index in [1.54, 1.807) is 0 Å². The smallest absolute Gasteiger partial charge is 0.223 e. The second kappa shape index (κ2) is 8.50. The number of nitrogens with zero attached hydrogens (tertiary/aromatic N) is 4. The number of rotatable bonds is 5. The molecule has 0 saturated carbocycles. The van der Waals surface area contributed by atoms with Crippen molar-refractivity contribution in [3.63, 3.8) is 0 Å². The van der Waals surface area contributed by atoms with E-state index in [1.807, 2.05) is 4.90 Å². The van der Waals surface area contributed by atoms with Crippen LogP contribution in [0, 0.1) is 5.92 Å². The maximum absolute atomic E-state index is 12.3. The van der Waals surface area contributed by atoms with Gasteiger partial charge in [-0.3, -0.25) is 14.4 Å². The molecule has 3 aliphatic rings. The van der Waals surface area contributed by atoms with E-state index in [0.717, 1.165) is 71.0 Å². The van der Waals surface area contributed by atoms with Crippen LogP contribution >= 0.6 is 0 Å². The van der Waals surface area contributed by atoms with Gasteiger partial charge in [-0.25, -0.2) is 0 Å². The summed E-state index contributed by atoms with van der Waals surface area (Å²) in [5.41, 5.74) is 2.34. The molecule has 1 atom stereocenters. The number of carbonyl (C=O) groups is 1. The van der Waals surface area contributed by atoms with Crippen LogP contribution in [0.2, 0.25) is 0 Å². The van der Waals surface area contributed by atoms with Gasteiger partial charge in [-0.1, -0.05) is 0 Å². The van der Waals surface area contributed by atoms with Gasteiger partial charge in [0.15, 0.2) is 0 Å². The highest BCUT2D eigenvalue weighted by atomic mass is 16.5. The van der Waals surface area contributed by atoms with Crippen molar-refractivity contribution in [2.45, 2.75) is 38.8 Å². The van der Waals surface area contributed by atoms with Gasteiger partial charge in [0.25, 0.3) is 0 Å². The van der Waals surface area contributed by atoms with E-state index in [9.17, 15) is 4.79 Å². The Labute approximate surface area is 155 Å².